The van der Waals surface area contributed by atoms with Gasteiger partial charge in [0.2, 0.25) is 5.91 Å². The van der Waals surface area contributed by atoms with E-state index in [0.717, 1.165) is 19.3 Å². The maximum atomic E-state index is 13.8. The van der Waals surface area contributed by atoms with Gasteiger partial charge in [0.15, 0.2) is 17.2 Å². The molecular formula is C29H30ClF5N10O2. The molecule has 2 N–H and O–H groups in total. The lowest BCUT2D eigenvalue weighted by molar-refractivity contribution is -0.141. The number of hydrogen-bond acceptors (Lipinski definition) is 8. The molecule has 0 radical (unpaired) electrons. The first kappa shape index (κ1) is 32.6. The van der Waals surface area contributed by atoms with Crippen molar-refractivity contribution >= 4 is 40.6 Å². The van der Waals surface area contributed by atoms with E-state index < -0.39 is 30.4 Å². The summed E-state index contributed by atoms with van der Waals surface area (Å²) in [7, 11) is 0. The second kappa shape index (κ2) is 13.4. The summed E-state index contributed by atoms with van der Waals surface area (Å²) in [5, 5.41) is 9.78. The predicted molar refractivity (Wildman–Crippen MR) is 162 cm³/mol. The first-order chi connectivity index (χ1) is 22.5. The fraction of sp³-hybridized carbons (Fsp3) is 0.414. The van der Waals surface area contributed by atoms with Crippen LogP contribution in [0.2, 0.25) is 5.02 Å². The fourth-order valence-electron chi connectivity index (χ4n) is 5.65. The quantitative estimate of drug-likeness (QED) is 0.272. The molecule has 0 bridgehead atoms. The maximum absolute atomic E-state index is 13.8. The van der Waals surface area contributed by atoms with Gasteiger partial charge in [-0.15, -0.1) is 0 Å². The van der Waals surface area contributed by atoms with E-state index >= 15 is 0 Å². The molecule has 2 fully saturated rings. The third-order valence-electron chi connectivity index (χ3n) is 8.01. The number of anilines is 2. The van der Waals surface area contributed by atoms with E-state index in [4.69, 9.17) is 11.6 Å². The number of alkyl halides is 5. The Morgan fingerprint density at radius 1 is 1.02 bits per heavy atom. The molecule has 2 aliphatic rings. The average Bonchev–Trinajstić information content (AvgIpc) is 3.66. The smallest absolute Gasteiger partial charge is 0.339 e. The molecule has 2 amide bonds. The Kier molecular flexibility index (Phi) is 9.29. The summed E-state index contributed by atoms with van der Waals surface area (Å²) < 4.78 is 68.9. The summed E-state index contributed by atoms with van der Waals surface area (Å²) in [4.78, 5) is 40.0. The van der Waals surface area contributed by atoms with Crippen LogP contribution in [0.25, 0.3) is 16.9 Å². The van der Waals surface area contributed by atoms with Crippen LogP contribution in [0, 0.1) is 0 Å². The largest absolute Gasteiger partial charge is 0.435 e. The zero-order valence-electron chi connectivity index (χ0n) is 24.9. The molecule has 2 saturated heterocycles. The van der Waals surface area contributed by atoms with Gasteiger partial charge in [-0.1, -0.05) is 11.6 Å². The summed E-state index contributed by atoms with van der Waals surface area (Å²) in [6.45, 7) is 4.25. The van der Waals surface area contributed by atoms with Gasteiger partial charge in [-0.05, 0) is 18.2 Å². The number of benzene rings is 1. The number of nitrogens with one attached hydrogen (secondary N) is 2. The van der Waals surface area contributed by atoms with Crippen LogP contribution in [0.4, 0.5) is 33.5 Å². The van der Waals surface area contributed by atoms with Crippen molar-refractivity contribution in [1.29, 1.82) is 0 Å². The highest BCUT2D eigenvalue weighted by Crippen LogP contribution is 2.37. The van der Waals surface area contributed by atoms with Crippen molar-refractivity contribution in [2.75, 3.05) is 64.2 Å². The number of carbonyl (C=O) groups is 2. The van der Waals surface area contributed by atoms with Gasteiger partial charge >= 0.3 is 6.18 Å². The SMILES string of the molecule is O=C(CN1CCN(C(=O)c2ccc(Nc3nccn4c(-c5cn(CC(F)F)nc5C(F)(F)F)cnc34)cc2Cl)CC1)N1CCNCC1. The van der Waals surface area contributed by atoms with E-state index in [0.29, 0.717) is 56.2 Å². The molecule has 18 heteroatoms. The van der Waals surface area contributed by atoms with Crippen molar-refractivity contribution in [3.8, 4) is 11.3 Å². The van der Waals surface area contributed by atoms with Crippen molar-refractivity contribution in [2.45, 2.75) is 19.1 Å². The average molecular weight is 681 g/mol. The number of fused-ring (bicyclic) bond motifs is 1. The molecular weight excluding hydrogens is 651 g/mol. The molecule has 12 nitrogen and oxygen atoms in total. The normalized spacial score (nSPS) is 16.3. The van der Waals surface area contributed by atoms with E-state index in [2.05, 4.69) is 25.7 Å². The minimum atomic E-state index is -4.89. The van der Waals surface area contributed by atoms with Crippen LogP contribution < -0.4 is 10.6 Å². The van der Waals surface area contributed by atoms with Crippen LogP contribution in [-0.4, -0.2) is 116 Å². The lowest BCUT2D eigenvalue weighted by Gasteiger charge is -2.36. The molecule has 4 aromatic rings. The van der Waals surface area contributed by atoms with Crippen LogP contribution in [0.5, 0.6) is 0 Å². The van der Waals surface area contributed by atoms with Gasteiger partial charge in [0.1, 0.15) is 6.54 Å². The number of nitrogens with zero attached hydrogens (tertiary/aromatic N) is 8. The third-order valence-corrected chi connectivity index (χ3v) is 8.32. The van der Waals surface area contributed by atoms with Crippen molar-refractivity contribution in [2.24, 2.45) is 0 Å². The van der Waals surface area contributed by atoms with Crippen molar-refractivity contribution in [3.63, 3.8) is 0 Å². The standard InChI is InChI=1S/C29H30ClF5N10O2/c30-21-13-18(1-2-19(21)28(47)43-11-9-41(10-12-43)17-24(46)42-6-3-36-4-7-42)39-26-27-38-14-22(45(27)8-5-37-26)20-15-44(16-23(31)32)40-25(20)29(33,34)35/h1-2,5,8,13-15,23,36H,3-4,6-7,9-12,16-17H2,(H,37,39). The highest BCUT2D eigenvalue weighted by atomic mass is 35.5. The number of hydrogen-bond donors (Lipinski definition) is 2. The molecule has 6 rings (SSSR count). The minimum absolute atomic E-state index is 0.0227. The van der Waals surface area contributed by atoms with Crippen LogP contribution in [0.15, 0.2) is 43.0 Å². The molecule has 1 aromatic carbocycles. The Balaban J connectivity index is 1.14. The van der Waals surface area contributed by atoms with Crippen LogP contribution >= 0.6 is 11.6 Å². The first-order valence-electron chi connectivity index (χ1n) is 14.8. The molecule has 0 aliphatic carbocycles. The third kappa shape index (κ3) is 7.16. The van der Waals surface area contributed by atoms with Crippen molar-refractivity contribution < 1.29 is 31.5 Å². The van der Waals surface area contributed by atoms with Crippen LogP contribution in [0.3, 0.4) is 0 Å². The van der Waals surface area contributed by atoms with E-state index in [1.165, 1.54) is 29.1 Å². The Bertz CT molecular complexity index is 1760. The minimum Gasteiger partial charge on any atom is -0.339 e. The number of piperazine rings is 2. The number of rotatable bonds is 8. The molecule has 2 aliphatic heterocycles. The molecule has 0 unspecified atom stereocenters. The summed E-state index contributed by atoms with van der Waals surface area (Å²) in [5.41, 5.74) is -0.873. The number of halogens is 6. The lowest BCUT2D eigenvalue weighted by Crippen LogP contribution is -2.53. The number of carbonyl (C=O) groups excluding carboxylic acids is 2. The number of imidazole rings is 1. The Labute approximate surface area is 270 Å². The van der Waals surface area contributed by atoms with Crippen LogP contribution in [0.1, 0.15) is 16.1 Å². The summed E-state index contributed by atoms with van der Waals surface area (Å²) >= 11 is 6.53. The number of amides is 2. The van der Waals surface area contributed by atoms with Gasteiger partial charge in [0, 0.05) is 76.6 Å². The molecule has 3 aromatic heterocycles. The van der Waals surface area contributed by atoms with Crippen molar-refractivity contribution in [3.05, 3.63) is 59.3 Å². The first-order valence-corrected chi connectivity index (χ1v) is 15.2. The predicted octanol–water partition coefficient (Wildman–Crippen LogP) is 3.46. The van der Waals surface area contributed by atoms with Gasteiger partial charge in [0.25, 0.3) is 12.3 Å². The zero-order valence-corrected chi connectivity index (χ0v) is 25.6. The Morgan fingerprint density at radius 2 is 1.77 bits per heavy atom. The topological polar surface area (TPSA) is 116 Å². The zero-order chi connectivity index (χ0) is 33.3. The van der Waals surface area contributed by atoms with Gasteiger partial charge in [0.05, 0.1) is 34.6 Å². The van der Waals surface area contributed by atoms with Gasteiger partial charge in [-0.2, -0.15) is 18.3 Å². The van der Waals surface area contributed by atoms with Gasteiger partial charge in [-0.3, -0.25) is 23.6 Å². The lowest BCUT2D eigenvalue weighted by atomic mass is 10.1. The van der Waals surface area contributed by atoms with E-state index in [9.17, 15) is 31.5 Å². The second-order valence-corrected chi connectivity index (χ2v) is 11.5. The molecule has 0 saturated carbocycles. The fourth-order valence-corrected chi connectivity index (χ4v) is 5.91. The van der Waals surface area contributed by atoms with E-state index in [1.54, 1.807) is 17.0 Å². The maximum Gasteiger partial charge on any atom is 0.435 e. The van der Waals surface area contributed by atoms with Crippen molar-refractivity contribution in [1.82, 2.24) is 44.2 Å². The Morgan fingerprint density at radius 3 is 2.45 bits per heavy atom. The Hall–Kier alpha value is -4.35. The van der Waals surface area contributed by atoms with E-state index in [-0.39, 0.29) is 39.6 Å². The molecule has 250 valence electrons. The summed E-state index contributed by atoms with van der Waals surface area (Å²) in [5.74, 6) is 0.00993. The molecule has 5 heterocycles. The summed E-state index contributed by atoms with van der Waals surface area (Å²) in [6, 6.07) is 4.71. The van der Waals surface area contributed by atoms with Crippen LogP contribution in [-0.2, 0) is 17.5 Å². The van der Waals surface area contributed by atoms with E-state index in [1.807, 2.05) is 9.80 Å². The second-order valence-electron chi connectivity index (χ2n) is 11.1. The molecule has 0 spiro atoms. The monoisotopic (exact) mass is 680 g/mol. The number of aromatic nitrogens is 5. The highest BCUT2D eigenvalue weighted by Gasteiger charge is 2.38. The van der Waals surface area contributed by atoms with Gasteiger partial charge < -0.3 is 20.4 Å². The molecule has 47 heavy (non-hydrogen) atoms. The van der Waals surface area contributed by atoms with Gasteiger partial charge in [-0.25, -0.2) is 18.7 Å². The highest BCUT2D eigenvalue weighted by molar-refractivity contribution is 6.34. The summed E-state index contributed by atoms with van der Waals surface area (Å²) in [6.07, 6.45) is -2.97. The molecule has 0 atom stereocenters.